The number of nitrogens with zero attached hydrogens (tertiary/aromatic N) is 2. The number of piperazine rings is 1. The summed E-state index contributed by atoms with van der Waals surface area (Å²) in [6.45, 7) is 10.5. The van der Waals surface area contributed by atoms with Gasteiger partial charge in [0.25, 0.3) is 0 Å². The molecule has 1 aromatic carbocycles. The van der Waals surface area contributed by atoms with E-state index < -0.39 is 10.0 Å². The van der Waals surface area contributed by atoms with Gasteiger partial charge in [0.2, 0.25) is 10.0 Å². The van der Waals surface area contributed by atoms with Crippen molar-refractivity contribution in [3.8, 4) is 0 Å². The van der Waals surface area contributed by atoms with Crippen LogP contribution in [0, 0.1) is 0 Å². The number of benzene rings is 1. The van der Waals surface area contributed by atoms with Gasteiger partial charge < -0.3 is 4.74 Å². The van der Waals surface area contributed by atoms with Gasteiger partial charge in [-0.15, -0.1) is 0 Å². The van der Waals surface area contributed by atoms with E-state index in [1.807, 2.05) is 12.1 Å². The summed E-state index contributed by atoms with van der Waals surface area (Å²) < 4.78 is 32.2. The Kier molecular flexibility index (Phi) is 5.84. The molecule has 0 spiro atoms. The first-order chi connectivity index (χ1) is 10.7. The number of hydrogen-bond acceptors (Lipinski definition) is 4. The van der Waals surface area contributed by atoms with E-state index in [-0.39, 0.29) is 5.41 Å². The summed E-state index contributed by atoms with van der Waals surface area (Å²) in [6.07, 6.45) is 0. The molecule has 130 valence electrons. The molecule has 0 amide bonds. The highest BCUT2D eigenvalue weighted by Gasteiger charge is 2.28. The maximum absolute atomic E-state index is 12.8. The van der Waals surface area contributed by atoms with Crippen molar-refractivity contribution in [2.45, 2.75) is 31.1 Å². The Morgan fingerprint density at radius 3 is 2.09 bits per heavy atom. The minimum atomic E-state index is -3.39. The zero-order chi connectivity index (χ0) is 17.1. The lowest BCUT2D eigenvalue weighted by Crippen LogP contribution is -2.49. The van der Waals surface area contributed by atoms with E-state index in [0.29, 0.717) is 24.6 Å². The Balaban J connectivity index is 2.05. The zero-order valence-corrected chi connectivity index (χ0v) is 15.4. The lowest BCUT2D eigenvalue weighted by Gasteiger charge is -2.33. The molecule has 0 N–H and O–H groups in total. The van der Waals surface area contributed by atoms with Crippen LogP contribution in [0.3, 0.4) is 0 Å². The molecule has 0 saturated carbocycles. The highest BCUT2D eigenvalue weighted by molar-refractivity contribution is 7.89. The van der Waals surface area contributed by atoms with Crippen LogP contribution in [0.15, 0.2) is 29.2 Å². The third-order valence-electron chi connectivity index (χ3n) is 4.30. The van der Waals surface area contributed by atoms with Gasteiger partial charge in [0.1, 0.15) is 0 Å². The molecule has 0 unspecified atom stereocenters. The average Bonchev–Trinajstić information content (AvgIpc) is 2.52. The highest BCUT2D eigenvalue weighted by atomic mass is 32.2. The number of hydrogen-bond donors (Lipinski definition) is 0. The van der Waals surface area contributed by atoms with E-state index in [2.05, 4.69) is 25.7 Å². The number of sulfonamides is 1. The summed E-state index contributed by atoms with van der Waals surface area (Å²) in [5, 5.41) is 0. The maximum atomic E-state index is 12.8. The molecule has 0 aliphatic carbocycles. The lowest BCUT2D eigenvalue weighted by molar-refractivity contribution is 0.123. The predicted octanol–water partition coefficient (Wildman–Crippen LogP) is 1.94. The van der Waals surface area contributed by atoms with E-state index >= 15 is 0 Å². The molecular weight excluding hydrogens is 312 g/mol. The first kappa shape index (κ1) is 18.4. The van der Waals surface area contributed by atoms with Crippen molar-refractivity contribution in [3.05, 3.63) is 29.8 Å². The Morgan fingerprint density at radius 1 is 1.04 bits per heavy atom. The topological polar surface area (TPSA) is 49.9 Å². The normalized spacial score (nSPS) is 18.3. The third-order valence-corrected chi connectivity index (χ3v) is 6.21. The van der Waals surface area contributed by atoms with Crippen LogP contribution in [-0.2, 0) is 20.2 Å². The molecule has 1 aliphatic rings. The van der Waals surface area contributed by atoms with Crippen LogP contribution in [0.25, 0.3) is 0 Å². The van der Waals surface area contributed by atoms with E-state index in [1.54, 1.807) is 23.5 Å². The standard InChI is InChI=1S/C17H28N2O3S/c1-17(2,3)15-5-7-16(8-6-15)23(20,21)19-11-9-18(10-12-19)13-14-22-4/h5-8H,9-14H2,1-4H3. The van der Waals surface area contributed by atoms with Crippen molar-refractivity contribution in [1.82, 2.24) is 9.21 Å². The second kappa shape index (κ2) is 7.30. The maximum Gasteiger partial charge on any atom is 0.243 e. The van der Waals surface area contributed by atoms with Gasteiger partial charge in [0.05, 0.1) is 11.5 Å². The Labute approximate surface area is 140 Å². The van der Waals surface area contributed by atoms with Gasteiger partial charge in [-0.3, -0.25) is 4.90 Å². The smallest absolute Gasteiger partial charge is 0.243 e. The fourth-order valence-electron chi connectivity index (χ4n) is 2.69. The van der Waals surface area contributed by atoms with Crippen LogP contribution >= 0.6 is 0 Å². The molecule has 0 aromatic heterocycles. The summed E-state index contributed by atoms with van der Waals surface area (Å²) in [4.78, 5) is 2.62. The Morgan fingerprint density at radius 2 is 1.61 bits per heavy atom. The molecule has 1 heterocycles. The Bertz CT molecular complexity index is 598. The van der Waals surface area contributed by atoms with Crippen molar-refractivity contribution < 1.29 is 13.2 Å². The van der Waals surface area contributed by atoms with Gasteiger partial charge in [0.15, 0.2) is 0 Å². The molecule has 5 nitrogen and oxygen atoms in total. The molecule has 2 rings (SSSR count). The van der Waals surface area contributed by atoms with Crippen molar-refractivity contribution in [3.63, 3.8) is 0 Å². The molecule has 1 fully saturated rings. The molecule has 1 aromatic rings. The zero-order valence-electron chi connectivity index (χ0n) is 14.6. The van der Waals surface area contributed by atoms with Crippen molar-refractivity contribution >= 4 is 10.0 Å². The molecule has 6 heteroatoms. The molecule has 0 atom stereocenters. The summed E-state index contributed by atoms with van der Waals surface area (Å²) in [7, 11) is -1.71. The SMILES string of the molecule is COCCN1CCN(S(=O)(=O)c2ccc(C(C)(C)C)cc2)CC1. The van der Waals surface area contributed by atoms with Gasteiger partial charge in [-0.05, 0) is 23.1 Å². The summed E-state index contributed by atoms with van der Waals surface area (Å²) in [5.74, 6) is 0. The van der Waals surface area contributed by atoms with E-state index in [1.165, 1.54) is 0 Å². The number of rotatable bonds is 5. The van der Waals surface area contributed by atoms with Crippen LogP contribution < -0.4 is 0 Å². The Hall–Kier alpha value is -0.950. The number of ether oxygens (including phenoxy) is 1. The van der Waals surface area contributed by atoms with Crippen LogP contribution in [0.4, 0.5) is 0 Å². The van der Waals surface area contributed by atoms with Gasteiger partial charge in [-0.2, -0.15) is 4.31 Å². The van der Waals surface area contributed by atoms with Crippen LogP contribution in [0.1, 0.15) is 26.3 Å². The van der Waals surface area contributed by atoms with Crippen LogP contribution in [-0.4, -0.2) is 64.1 Å². The first-order valence-electron chi connectivity index (χ1n) is 8.07. The molecule has 23 heavy (non-hydrogen) atoms. The fourth-order valence-corrected chi connectivity index (χ4v) is 4.11. The molecule has 1 aliphatic heterocycles. The average molecular weight is 340 g/mol. The van der Waals surface area contributed by atoms with Crippen molar-refractivity contribution in [2.75, 3.05) is 46.4 Å². The van der Waals surface area contributed by atoms with Gasteiger partial charge in [-0.1, -0.05) is 32.9 Å². The second-order valence-electron chi connectivity index (χ2n) is 7.01. The number of methoxy groups -OCH3 is 1. The minimum Gasteiger partial charge on any atom is -0.383 e. The minimum absolute atomic E-state index is 0.0231. The van der Waals surface area contributed by atoms with E-state index in [0.717, 1.165) is 25.2 Å². The molecule has 0 radical (unpaired) electrons. The van der Waals surface area contributed by atoms with Gasteiger partial charge in [0, 0.05) is 39.8 Å². The largest absolute Gasteiger partial charge is 0.383 e. The summed E-state index contributed by atoms with van der Waals surface area (Å²) in [5.41, 5.74) is 1.16. The second-order valence-corrected chi connectivity index (χ2v) is 8.95. The van der Waals surface area contributed by atoms with Crippen molar-refractivity contribution in [2.24, 2.45) is 0 Å². The van der Waals surface area contributed by atoms with E-state index in [9.17, 15) is 8.42 Å². The third kappa shape index (κ3) is 4.53. The molecular formula is C17H28N2O3S. The van der Waals surface area contributed by atoms with Crippen LogP contribution in [0.2, 0.25) is 0 Å². The fraction of sp³-hybridized carbons (Fsp3) is 0.647. The van der Waals surface area contributed by atoms with Crippen molar-refractivity contribution in [1.29, 1.82) is 0 Å². The summed E-state index contributed by atoms with van der Waals surface area (Å²) >= 11 is 0. The highest BCUT2D eigenvalue weighted by Crippen LogP contribution is 2.25. The van der Waals surface area contributed by atoms with Gasteiger partial charge >= 0.3 is 0 Å². The van der Waals surface area contributed by atoms with Crippen LogP contribution in [0.5, 0.6) is 0 Å². The predicted molar refractivity (Wildman–Crippen MR) is 92.2 cm³/mol. The molecule has 0 bridgehead atoms. The first-order valence-corrected chi connectivity index (χ1v) is 9.51. The quantitative estimate of drug-likeness (QED) is 0.822. The summed E-state index contributed by atoms with van der Waals surface area (Å²) in [6, 6.07) is 7.30. The monoisotopic (exact) mass is 340 g/mol. The molecule has 1 saturated heterocycles. The van der Waals surface area contributed by atoms with E-state index in [4.69, 9.17) is 4.74 Å². The van der Waals surface area contributed by atoms with Gasteiger partial charge in [-0.25, -0.2) is 8.42 Å². The lowest BCUT2D eigenvalue weighted by atomic mass is 9.87.